The number of esters is 2. The maximum absolute atomic E-state index is 11.1. The molecule has 0 aliphatic rings. The van der Waals surface area contributed by atoms with Gasteiger partial charge >= 0.3 is 210 Å². The van der Waals surface area contributed by atoms with E-state index in [0.29, 0.717) is 39.0 Å². The molecule has 0 aliphatic heterocycles. The smallest absolute Gasteiger partial charge is 0.870 e. The Balaban J connectivity index is -0.0000000426. The number of methoxy groups -OCH3 is 4. The van der Waals surface area contributed by atoms with Gasteiger partial charge in [-0.1, -0.05) is 178 Å². The zero-order chi connectivity index (χ0) is 101. The number of carboxylic acid groups (broad SMARTS) is 3. The second kappa shape index (κ2) is 127. The average molecular weight is 2370 g/mol. The summed E-state index contributed by atoms with van der Waals surface area (Å²) in [5, 5.41) is 22.3. The summed E-state index contributed by atoms with van der Waals surface area (Å²) in [6, 6.07) is 0. The molecule has 0 aromatic carbocycles. The fourth-order valence-corrected chi connectivity index (χ4v) is 5.57. The Morgan fingerprint density at radius 1 is 0.198 bits per heavy atom. The zero-order valence-electron chi connectivity index (χ0n) is 88.2. The SMILES string of the molecule is CC/C(C)=C(\C)C(=O)Cl.CC/C(C)=C(\C)C(=O)Cl.CC/C(C)=C(\C)C(=O)O.CC/C(C)=C(\C)C(=O)O.CC/C(C)=C(\C)C(=O)O.CC/C(C)=C(\C)C(=O)OC(=O)OC.CC/C(C)=C(\C)C(=O)OC(=O)OC.CCC(C)=C(C)C.CCC(C)=C(C)C.CCC(C)=C(C)C.CCC(C)=C(C)C.CCC(C)=C(C)C.COC(=O)Cl.COC(=O)Cl.O=C(Cl)C(=O)Cl.[Ba+2].[Ba+2].[Ba+2].[OH-].[OH-].[OH-].[OH-].[OH-].[OH-]. The van der Waals surface area contributed by atoms with E-state index in [9.17, 15) is 62.3 Å². The van der Waals surface area contributed by atoms with E-state index in [-0.39, 0.29) is 190 Å². The quantitative estimate of drug-likeness (QED) is 0.0149. The van der Waals surface area contributed by atoms with Crippen molar-refractivity contribution in [1.29, 1.82) is 0 Å². The van der Waals surface area contributed by atoms with Crippen LogP contribution >= 0.6 is 69.6 Å². The number of carboxylic acids is 3. The van der Waals surface area contributed by atoms with Crippen molar-refractivity contribution in [1.82, 2.24) is 0 Å². The van der Waals surface area contributed by atoms with E-state index in [1.54, 1.807) is 48.5 Å². The van der Waals surface area contributed by atoms with Gasteiger partial charge in [-0.05, 0) is 324 Å². The molecule has 9 N–H and O–H groups in total. The van der Waals surface area contributed by atoms with Crippen LogP contribution in [0.1, 0.15) is 361 Å². The number of rotatable bonds is 20. The first kappa shape index (κ1) is 191. The molecular weight excluding hydrogens is 2200 g/mol. The molecule has 0 amide bonds. The summed E-state index contributed by atoms with van der Waals surface area (Å²) in [7, 11) is 4.74. The molecule has 28 nitrogen and oxygen atoms in total. The number of carbonyl (C=O) groups excluding carboxylic acids is 10. The van der Waals surface area contributed by atoms with E-state index < -0.39 is 63.5 Å². The van der Waals surface area contributed by atoms with Gasteiger partial charge in [-0.15, -0.1) is 0 Å². The largest absolute Gasteiger partial charge is 2.00 e. The number of hydrogen-bond donors (Lipinski definition) is 3. The van der Waals surface area contributed by atoms with Crippen LogP contribution in [-0.2, 0) is 71.6 Å². The Bertz CT molecular complexity index is 3130. The third-order valence-electron chi connectivity index (χ3n) is 18.4. The molecular formula is C94H168Ba3Cl6O28. The van der Waals surface area contributed by atoms with Gasteiger partial charge in [-0.3, -0.25) is 19.2 Å². The van der Waals surface area contributed by atoms with E-state index in [2.05, 4.69) is 213 Å². The van der Waals surface area contributed by atoms with Crippen molar-refractivity contribution in [2.45, 2.75) is 361 Å². The molecule has 760 valence electrons. The van der Waals surface area contributed by atoms with Crippen LogP contribution in [0, 0.1) is 0 Å². The Morgan fingerprint density at radius 3 is 0.366 bits per heavy atom. The number of ether oxygens (including phenoxy) is 6. The van der Waals surface area contributed by atoms with Crippen LogP contribution < -0.4 is 0 Å². The minimum atomic E-state index is -1.14. The molecule has 37 heteroatoms. The summed E-state index contributed by atoms with van der Waals surface area (Å²) in [6.45, 7) is 81.5. The molecule has 0 saturated carbocycles. The van der Waals surface area contributed by atoms with Crippen molar-refractivity contribution >= 4 is 290 Å². The van der Waals surface area contributed by atoms with Gasteiger partial charge < -0.3 is 76.6 Å². The molecule has 0 heterocycles. The van der Waals surface area contributed by atoms with Crippen molar-refractivity contribution in [3.05, 3.63) is 134 Å². The second-order valence-corrected chi connectivity index (χ2v) is 29.6. The van der Waals surface area contributed by atoms with Crippen LogP contribution in [-0.4, -0.2) is 297 Å². The van der Waals surface area contributed by atoms with Gasteiger partial charge in [0.1, 0.15) is 0 Å². The monoisotopic (exact) mass is 2370 g/mol. The normalized spacial score (nSPS) is 9.89. The molecule has 0 aromatic rings. The van der Waals surface area contributed by atoms with Crippen LogP contribution in [0.2, 0.25) is 0 Å². The minimum absolute atomic E-state index is 0. The predicted molar refractivity (Wildman–Crippen MR) is 541 cm³/mol. The minimum Gasteiger partial charge on any atom is -0.870 e. The second-order valence-electron chi connectivity index (χ2n) is 27.6. The topological polar surface area (TPSA) is 518 Å². The van der Waals surface area contributed by atoms with Crippen molar-refractivity contribution < 1.29 is 139 Å². The number of carbonyl (C=O) groups is 13. The summed E-state index contributed by atoms with van der Waals surface area (Å²) >= 11 is 28.6. The molecule has 0 saturated heterocycles. The summed E-state index contributed by atoms with van der Waals surface area (Å²) in [5.74, 6) is -3.73. The Labute approximate surface area is 940 Å². The van der Waals surface area contributed by atoms with Gasteiger partial charge in [0, 0.05) is 62.2 Å². The zero-order valence-corrected chi connectivity index (χ0v) is 106. The number of halogens is 6. The first-order valence-electron chi connectivity index (χ1n) is 40.0. The number of allylic oxidation sites excluding steroid dienone is 19. The molecule has 131 heavy (non-hydrogen) atoms. The van der Waals surface area contributed by atoms with Crippen molar-refractivity contribution in [3.63, 3.8) is 0 Å². The first-order chi connectivity index (χ1) is 55.6. The van der Waals surface area contributed by atoms with Crippen LogP contribution in [0.15, 0.2) is 134 Å². The molecule has 0 atom stereocenters. The summed E-state index contributed by atoms with van der Waals surface area (Å²) in [6.07, 6.45) is 9.77. The van der Waals surface area contributed by atoms with Crippen LogP contribution in [0.5, 0.6) is 0 Å². The van der Waals surface area contributed by atoms with E-state index in [1.165, 1.54) is 102 Å². The van der Waals surface area contributed by atoms with Crippen molar-refractivity contribution in [2.24, 2.45) is 0 Å². The Hall–Kier alpha value is -3.00. The molecule has 0 unspecified atom stereocenters. The maximum Gasteiger partial charge on any atom is 2.00 e. The van der Waals surface area contributed by atoms with E-state index in [0.717, 1.165) is 98.2 Å². The van der Waals surface area contributed by atoms with E-state index in [4.69, 9.17) is 38.5 Å². The third-order valence-corrected chi connectivity index (χ3v) is 19.8. The molecule has 0 spiro atoms. The van der Waals surface area contributed by atoms with Crippen molar-refractivity contribution in [2.75, 3.05) is 28.4 Å². The molecule has 0 fully saturated rings. The number of aliphatic carboxylic acids is 3. The fourth-order valence-electron chi connectivity index (χ4n) is 5.24. The Kier molecular flexibility index (Phi) is 185. The first-order valence-corrected chi connectivity index (χ1v) is 42.2. The molecule has 0 aromatic heterocycles. The van der Waals surface area contributed by atoms with Gasteiger partial charge in [0.05, 0.1) is 28.4 Å². The number of hydrogen-bond acceptors (Lipinski definition) is 25. The Morgan fingerprint density at radius 2 is 0.313 bits per heavy atom. The predicted octanol–water partition coefficient (Wildman–Crippen LogP) is 28.6. The van der Waals surface area contributed by atoms with Crippen LogP contribution in [0.3, 0.4) is 0 Å². The van der Waals surface area contributed by atoms with Gasteiger partial charge in [-0.25, -0.2) is 43.2 Å². The van der Waals surface area contributed by atoms with Crippen LogP contribution in [0.25, 0.3) is 0 Å². The van der Waals surface area contributed by atoms with Crippen molar-refractivity contribution in [3.8, 4) is 0 Å². The van der Waals surface area contributed by atoms with Crippen LogP contribution in [0.4, 0.5) is 19.2 Å². The van der Waals surface area contributed by atoms with Gasteiger partial charge in [0.2, 0.25) is 10.5 Å². The molecule has 0 bridgehead atoms. The molecule has 0 aliphatic carbocycles. The van der Waals surface area contributed by atoms with Gasteiger partial charge in [0.15, 0.2) is 0 Å². The fraction of sp³-hybridized carbons (Fsp3) is 0.606. The summed E-state index contributed by atoms with van der Waals surface area (Å²) in [4.78, 5) is 133. The summed E-state index contributed by atoms with van der Waals surface area (Å²) < 4.78 is 24.8. The van der Waals surface area contributed by atoms with E-state index >= 15 is 0 Å². The average Bonchev–Trinajstić information content (AvgIpc) is 0.936. The van der Waals surface area contributed by atoms with E-state index in [1.807, 2.05) is 96.9 Å². The molecule has 0 radical (unpaired) electrons. The molecule has 0 rings (SSSR count). The standard InChI is InChI=1S/2C9H14O4.2C7H11ClO.3C7H12O2.5C7H14.C2Cl2O2.2C2H3ClO2.3Ba.6H2O/c2*1-5-6(2)7(3)8(10)13-9(11)12-4;5*1-4-5(2)6(3)7(8)9;5*1-5-7(4)6(2)3;3-1(5)2(4)6;2*1-5-2(3)4;;;;;;;;;/h2*5H2,1-4H3;2*4H2,1-3H3;3*4H2,1-3H3,(H,8,9);5*5H2,1-4H3;;2*1H3;;;;6*1H2/q;;;;;;;;;;;;;;;3*+2;;;;;;/p-6/b2*7-6+;5*6-5+;;;;;;;;;;;;;;;;;. The maximum atomic E-state index is 11.1. The van der Waals surface area contributed by atoms with Gasteiger partial charge in [-0.2, -0.15) is 0 Å². The summed E-state index contributed by atoms with van der Waals surface area (Å²) in [5.41, 5.74) is 23.8. The third kappa shape index (κ3) is 145. The van der Waals surface area contributed by atoms with Gasteiger partial charge in [0.25, 0.3) is 0 Å².